The fourth-order valence-electron chi connectivity index (χ4n) is 2.97. The summed E-state index contributed by atoms with van der Waals surface area (Å²) in [5.41, 5.74) is 5.76. The lowest BCUT2D eigenvalue weighted by atomic mass is 10.0. The van der Waals surface area contributed by atoms with Crippen molar-refractivity contribution in [1.29, 1.82) is 0 Å². The highest BCUT2D eigenvalue weighted by Crippen LogP contribution is 2.24. The number of fused-ring (bicyclic) bond motifs is 1. The summed E-state index contributed by atoms with van der Waals surface area (Å²) >= 11 is 0. The summed E-state index contributed by atoms with van der Waals surface area (Å²) in [6, 6.07) is 18.4. The van der Waals surface area contributed by atoms with Gasteiger partial charge < -0.3 is 4.98 Å². The molecule has 4 rings (SSSR count). The van der Waals surface area contributed by atoms with Gasteiger partial charge in [-0.05, 0) is 49.9 Å². The van der Waals surface area contributed by atoms with E-state index in [-0.39, 0.29) is 0 Å². The highest BCUT2D eigenvalue weighted by molar-refractivity contribution is 5.58. The Bertz CT molecular complexity index is 838. The molecule has 1 heterocycles. The summed E-state index contributed by atoms with van der Waals surface area (Å²) < 4.78 is 0. The minimum Gasteiger partial charge on any atom is -0.342 e. The number of hydrogen-bond donors (Lipinski definition) is 1. The van der Waals surface area contributed by atoms with Crippen LogP contribution in [0.5, 0.6) is 0 Å². The molecule has 0 aliphatic heterocycles. The van der Waals surface area contributed by atoms with E-state index in [1.807, 2.05) is 30.3 Å². The van der Waals surface area contributed by atoms with Gasteiger partial charge in [-0.1, -0.05) is 42.2 Å². The number of aromatic amines is 1. The van der Waals surface area contributed by atoms with Crippen LogP contribution in [0.1, 0.15) is 35.4 Å². The van der Waals surface area contributed by atoms with E-state index in [0.29, 0.717) is 0 Å². The molecule has 2 aromatic carbocycles. The van der Waals surface area contributed by atoms with Crippen molar-refractivity contribution in [2.45, 2.75) is 25.7 Å². The summed E-state index contributed by atoms with van der Waals surface area (Å²) in [5.74, 6) is 7.38. The molecule has 0 fully saturated rings. The van der Waals surface area contributed by atoms with Crippen molar-refractivity contribution in [3.8, 4) is 23.2 Å². The van der Waals surface area contributed by atoms with Gasteiger partial charge in [-0.3, -0.25) is 0 Å². The molecule has 2 nitrogen and oxygen atoms in total. The number of aryl methyl sites for hydroxylation is 2. The van der Waals surface area contributed by atoms with Crippen molar-refractivity contribution in [2.75, 3.05) is 0 Å². The molecule has 0 saturated heterocycles. The molecule has 0 amide bonds. The molecule has 112 valence electrons. The number of nitrogens with zero attached hydrogens (tertiary/aromatic N) is 1. The average Bonchev–Trinajstić information content (AvgIpc) is 3.05. The summed E-state index contributed by atoms with van der Waals surface area (Å²) in [5, 5.41) is 0. The fraction of sp³-hybridized carbons (Fsp3) is 0.190. The van der Waals surface area contributed by atoms with Crippen LogP contribution >= 0.6 is 0 Å². The molecule has 1 N–H and O–H groups in total. The van der Waals surface area contributed by atoms with Crippen LogP contribution in [0.4, 0.5) is 0 Å². The number of H-pyrrole nitrogens is 1. The molecule has 1 aliphatic carbocycles. The molecule has 0 saturated carbocycles. The first-order valence-corrected chi connectivity index (χ1v) is 8.14. The van der Waals surface area contributed by atoms with E-state index in [2.05, 4.69) is 41.1 Å². The Labute approximate surface area is 136 Å². The fourth-order valence-corrected chi connectivity index (χ4v) is 2.97. The van der Waals surface area contributed by atoms with E-state index in [9.17, 15) is 0 Å². The van der Waals surface area contributed by atoms with E-state index >= 15 is 0 Å². The Hall–Kier alpha value is -2.79. The molecule has 0 spiro atoms. The third-order valence-electron chi connectivity index (χ3n) is 4.24. The molecule has 1 aromatic heterocycles. The minimum absolute atomic E-state index is 0.986. The quantitative estimate of drug-likeness (QED) is 0.665. The standard InChI is InChI=1S/C21H18N2/c1-2-6-16(7-3-1)10-11-17-12-14-18(15-13-17)21-22-19-8-4-5-9-20(19)23-21/h1-3,6-7,12-15H,4-5,8-9H2,(H,22,23). The first-order chi connectivity index (χ1) is 11.4. The van der Waals surface area contributed by atoms with Crippen LogP contribution in [-0.2, 0) is 12.8 Å². The average molecular weight is 298 g/mol. The van der Waals surface area contributed by atoms with Crippen LogP contribution in [0.3, 0.4) is 0 Å². The summed E-state index contributed by atoms with van der Waals surface area (Å²) in [6.07, 6.45) is 4.75. The Balaban J connectivity index is 1.56. The second kappa shape index (κ2) is 6.14. The van der Waals surface area contributed by atoms with Crippen LogP contribution in [0.2, 0.25) is 0 Å². The molecule has 1 aliphatic rings. The van der Waals surface area contributed by atoms with Crippen molar-refractivity contribution < 1.29 is 0 Å². The molecule has 2 heteroatoms. The van der Waals surface area contributed by atoms with Crippen molar-refractivity contribution in [1.82, 2.24) is 9.97 Å². The molecule has 0 bridgehead atoms. The molecule has 0 radical (unpaired) electrons. The third kappa shape index (κ3) is 3.05. The zero-order valence-corrected chi connectivity index (χ0v) is 13.0. The predicted octanol–water partition coefficient (Wildman–Crippen LogP) is 4.36. The number of hydrogen-bond acceptors (Lipinski definition) is 1. The normalized spacial score (nSPS) is 13.0. The van der Waals surface area contributed by atoms with Gasteiger partial charge in [-0.15, -0.1) is 0 Å². The van der Waals surface area contributed by atoms with Crippen LogP contribution in [0.15, 0.2) is 54.6 Å². The number of imidazole rings is 1. The van der Waals surface area contributed by atoms with Crippen molar-refractivity contribution in [3.05, 3.63) is 77.1 Å². The van der Waals surface area contributed by atoms with E-state index < -0.39 is 0 Å². The van der Waals surface area contributed by atoms with Gasteiger partial charge in [-0.2, -0.15) is 0 Å². The lowest BCUT2D eigenvalue weighted by Gasteiger charge is -2.07. The maximum absolute atomic E-state index is 4.75. The lowest BCUT2D eigenvalue weighted by Crippen LogP contribution is -2.00. The summed E-state index contributed by atoms with van der Waals surface area (Å²) in [7, 11) is 0. The van der Waals surface area contributed by atoms with Gasteiger partial charge in [0, 0.05) is 22.4 Å². The van der Waals surface area contributed by atoms with Gasteiger partial charge >= 0.3 is 0 Å². The van der Waals surface area contributed by atoms with Crippen LogP contribution in [0.25, 0.3) is 11.4 Å². The zero-order valence-electron chi connectivity index (χ0n) is 13.0. The topological polar surface area (TPSA) is 28.7 Å². The molecule has 0 atom stereocenters. The molecular formula is C21H18N2. The lowest BCUT2D eigenvalue weighted by molar-refractivity contribution is 0.667. The largest absolute Gasteiger partial charge is 0.342 e. The van der Waals surface area contributed by atoms with Crippen LogP contribution < -0.4 is 0 Å². The highest BCUT2D eigenvalue weighted by atomic mass is 14.9. The van der Waals surface area contributed by atoms with Crippen molar-refractivity contribution in [3.63, 3.8) is 0 Å². The minimum atomic E-state index is 0.986. The van der Waals surface area contributed by atoms with Crippen molar-refractivity contribution >= 4 is 0 Å². The van der Waals surface area contributed by atoms with E-state index in [1.165, 1.54) is 24.2 Å². The second-order valence-corrected chi connectivity index (χ2v) is 5.91. The van der Waals surface area contributed by atoms with Crippen molar-refractivity contribution in [2.24, 2.45) is 0 Å². The first-order valence-electron chi connectivity index (χ1n) is 8.14. The Kier molecular flexibility index (Phi) is 3.70. The third-order valence-corrected chi connectivity index (χ3v) is 4.24. The Morgan fingerprint density at radius 1 is 0.783 bits per heavy atom. The molecule has 3 aromatic rings. The molecular weight excluding hydrogens is 280 g/mol. The summed E-state index contributed by atoms with van der Waals surface area (Å²) in [6.45, 7) is 0. The maximum atomic E-state index is 4.75. The number of benzene rings is 2. The number of rotatable bonds is 1. The van der Waals surface area contributed by atoms with Crippen LogP contribution in [0, 0.1) is 11.8 Å². The first kappa shape index (κ1) is 13.8. The zero-order chi connectivity index (χ0) is 15.5. The van der Waals surface area contributed by atoms with Gasteiger partial charge in [-0.25, -0.2) is 4.98 Å². The maximum Gasteiger partial charge on any atom is 0.137 e. The van der Waals surface area contributed by atoms with Crippen LogP contribution in [-0.4, -0.2) is 9.97 Å². The molecule has 0 unspecified atom stereocenters. The van der Waals surface area contributed by atoms with Gasteiger partial charge in [0.25, 0.3) is 0 Å². The smallest absolute Gasteiger partial charge is 0.137 e. The number of aromatic nitrogens is 2. The monoisotopic (exact) mass is 298 g/mol. The van der Waals surface area contributed by atoms with Gasteiger partial charge in [0.1, 0.15) is 5.82 Å². The van der Waals surface area contributed by atoms with E-state index in [4.69, 9.17) is 4.98 Å². The van der Waals surface area contributed by atoms with Gasteiger partial charge in [0.15, 0.2) is 0 Å². The van der Waals surface area contributed by atoms with Gasteiger partial charge in [0.05, 0.1) is 5.69 Å². The second-order valence-electron chi connectivity index (χ2n) is 5.91. The van der Waals surface area contributed by atoms with E-state index in [0.717, 1.165) is 35.4 Å². The SMILES string of the molecule is C(#Cc1ccc(-c2nc3c([nH]2)CCCC3)cc1)c1ccccc1. The molecule has 23 heavy (non-hydrogen) atoms. The van der Waals surface area contributed by atoms with E-state index in [1.54, 1.807) is 0 Å². The highest BCUT2D eigenvalue weighted by Gasteiger charge is 2.14. The Morgan fingerprint density at radius 2 is 1.48 bits per heavy atom. The number of nitrogens with one attached hydrogen (secondary N) is 1. The summed E-state index contributed by atoms with van der Waals surface area (Å²) in [4.78, 5) is 8.23. The van der Waals surface area contributed by atoms with Gasteiger partial charge in [0.2, 0.25) is 0 Å². The Morgan fingerprint density at radius 3 is 2.22 bits per heavy atom. The predicted molar refractivity (Wildman–Crippen MR) is 93.1 cm³/mol.